The van der Waals surface area contributed by atoms with E-state index in [0.29, 0.717) is 18.8 Å². The number of benzene rings is 1. The number of anilines is 1. The lowest BCUT2D eigenvalue weighted by Crippen LogP contribution is -2.54. The molecule has 33 heavy (non-hydrogen) atoms. The van der Waals surface area contributed by atoms with Gasteiger partial charge in [0.15, 0.2) is 0 Å². The molecule has 1 aromatic carbocycles. The Hall–Kier alpha value is -3.40. The molecule has 0 spiro atoms. The van der Waals surface area contributed by atoms with Crippen LogP contribution in [0.5, 0.6) is 0 Å². The van der Waals surface area contributed by atoms with Crippen molar-refractivity contribution >= 4 is 22.3 Å². The van der Waals surface area contributed by atoms with Gasteiger partial charge in [-0.05, 0) is 38.1 Å². The zero-order valence-corrected chi connectivity index (χ0v) is 17.8. The third-order valence-corrected chi connectivity index (χ3v) is 5.77. The van der Waals surface area contributed by atoms with Crippen LogP contribution in [0.15, 0.2) is 51.9 Å². The van der Waals surface area contributed by atoms with Crippen molar-refractivity contribution < 1.29 is 22.0 Å². The van der Waals surface area contributed by atoms with Crippen LogP contribution < -0.4 is 15.8 Å². The molecule has 0 bridgehead atoms. The first-order valence-electron chi connectivity index (χ1n) is 10.4. The van der Waals surface area contributed by atoms with E-state index in [4.69, 9.17) is 4.42 Å². The summed E-state index contributed by atoms with van der Waals surface area (Å²) in [4.78, 5) is 18.9. The van der Waals surface area contributed by atoms with Crippen molar-refractivity contribution in [1.82, 2.24) is 14.7 Å². The summed E-state index contributed by atoms with van der Waals surface area (Å²) in [5, 5.41) is 3.50. The van der Waals surface area contributed by atoms with E-state index < -0.39 is 23.2 Å². The first-order valence-corrected chi connectivity index (χ1v) is 10.4. The van der Waals surface area contributed by atoms with Crippen LogP contribution >= 0.6 is 0 Å². The van der Waals surface area contributed by atoms with Gasteiger partial charge in [0.1, 0.15) is 17.0 Å². The number of rotatable bonds is 2. The van der Waals surface area contributed by atoms with Crippen molar-refractivity contribution in [3.05, 3.63) is 64.5 Å². The highest BCUT2D eigenvalue weighted by molar-refractivity contribution is 5.85. The number of hydrogen-bond donors (Lipinski definition) is 1. The maximum atomic E-state index is 15.1. The lowest BCUT2D eigenvalue weighted by Gasteiger charge is -2.37. The first kappa shape index (κ1) is 21.4. The third-order valence-electron chi connectivity index (χ3n) is 5.77. The topological polar surface area (TPSA) is 62.8 Å². The minimum Gasteiger partial charge on any atom is -0.422 e. The standard InChI is InChI=1S/C23H20F4N4O2/c1-12-9-31(10-13(2)28-12)15-6-18(24)16-8-17(22(32)33-20(16)7-15)19-11-30-4-3-14(23(25,26)27)5-21(30)29-19/h3-8,11-13,28H,9-10H2,1-2H3/t12-,13+. The molecule has 10 heteroatoms. The monoisotopic (exact) mass is 460 g/mol. The van der Waals surface area contributed by atoms with E-state index >= 15 is 4.39 Å². The molecule has 172 valence electrons. The van der Waals surface area contributed by atoms with Gasteiger partial charge in [0, 0.05) is 49.3 Å². The van der Waals surface area contributed by atoms with Crippen molar-refractivity contribution in [2.75, 3.05) is 18.0 Å². The van der Waals surface area contributed by atoms with Gasteiger partial charge in [0.05, 0.1) is 22.2 Å². The van der Waals surface area contributed by atoms with Gasteiger partial charge in [0.25, 0.3) is 0 Å². The summed E-state index contributed by atoms with van der Waals surface area (Å²) in [6, 6.07) is 6.60. The Morgan fingerprint density at radius 3 is 2.55 bits per heavy atom. The molecular weight excluding hydrogens is 440 g/mol. The first-order chi connectivity index (χ1) is 15.6. The van der Waals surface area contributed by atoms with Crippen LogP contribution in [0.3, 0.4) is 0 Å². The summed E-state index contributed by atoms with van der Waals surface area (Å²) >= 11 is 0. The van der Waals surface area contributed by atoms with E-state index in [2.05, 4.69) is 10.3 Å². The molecule has 0 amide bonds. The number of imidazole rings is 1. The quantitative estimate of drug-likeness (QED) is 0.354. The van der Waals surface area contributed by atoms with Gasteiger partial charge in [-0.25, -0.2) is 14.2 Å². The van der Waals surface area contributed by atoms with Crippen LogP contribution in [-0.4, -0.2) is 34.6 Å². The molecule has 0 radical (unpaired) electrons. The summed E-state index contributed by atoms with van der Waals surface area (Å²) in [5.41, 5.74) is -0.816. The van der Waals surface area contributed by atoms with Gasteiger partial charge in [0.2, 0.25) is 0 Å². The predicted molar refractivity (Wildman–Crippen MR) is 116 cm³/mol. The van der Waals surface area contributed by atoms with E-state index in [1.165, 1.54) is 28.9 Å². The van der Waals surface area contributed by atoms with Crippen LogP contribution in [0.2, 0.25) is 0 Å². The van der Waals surface area contributed by atoms with Crippen LogP contribution in [0, 0.1) is 5.82 Å². The highest BCUT2D eigenvalue weighted by Crippen LogP contribution is 2.31. The normalized spacial score (nSPS) is 19.5. The molecule has 1 aliphatic heterocycles. The van der Waals surface area contributed by atoms with Crippen LogP contribution in [0.4, 0.5) is 23.2 Å². The zero-order chi connectivity index (χ0) is 23.5. The predicted octanol–water partition coefficient (Wildman–Crippen LogP) is 4.45. The molecule has 6 nitrogen and oxygen atoms in total. The van der Waals surface area contributed by atoms with Gasteiger partial charge in [-0.3, -0.25) is 0 Å². The van der Waals surface area contributed by atoms with E-state index in [-0.39, 0.29) is 40.0 Å². The number of fused-ring (bicyclic) bond motifs is 2. The summed E-state index contributed by atoms with van der Waals surface area (Å²) in [6.45, 7) is 5.44. The molecule has 2 atom stereocenters. The SMILES string of the molecule is C[C@@H]1CN(c2cc(F)c3cc(-c4cn5ccc(C(F)(F)F)cc5n4)c(=O)oc3c2)C[C@H](C)N1. The van der Waals surface area contributed by atoms with Crippen molar-refractivity contribution in [2.45, 2.75) is 32.1 Å². The molecule has 0 aliphatic carbocycles. The molecule has 5 rings (SSSR count). The number of pyridine rings is 1. The fraction of sp³-hybridized carbons (Fsp3) is 0.304. The van der Waals surface area contributed by atoms with Crippen LogP contribution in [0.1, 0.15) is 19.4 Å². The minimum atomic E-state index is -4.52. The third kappa shape index (κ3) is 3.95. The molecule has 3 aromatic heterocycles. The van der Waals surface area contributed by atoms with Gasteiger partial charge < -0.3 is 19.0 Å². The second kappa shape index (κ2) is 7.58. The Labute approximate surface area is 185 Å². The zero-order valence-electron chi connectivity index (χ0n) is 17.8. The highest BCUT2D eigenvalue weighted by atomic mass is 19.4. The lowest BCUT2D eigenvalue weighted by molar-refractivity contribution is -0.137. The molecule has 4 heterocycles. The highest BCUT2D eigenvalue weighted by Gasteiger charge is 2.31. The Morgan fingerprint density at radius 1 is 1.12 bits per heavy atom. The van der Waals surface area contributed by atoms with Crippen molar-refractivity contribution in [1.29, 1.82) is 0 Å². The Balaban J connectivity index is 1.57. The largest absolute Gasteiger partial charge is 0.422 e. The fourth-order valence-corrected chi connectivity index (χ4v) is 4.35. The van der Waals surface area contributed by atoms with Crippen LogP contribution in [-0.2, 0) is 6.18 Å². The molecule has 1 saturated heterocycles. The molecule has 1 aliphatic rings. The van der Waals surface area contributed by atoms with Gasteiger partial charge in [-0.15, -0.1) is 0 Å². The van der Waals surface area contributed by atoms with Crippen molar-refractivity contribution in [2.24, 2.45) is 0 Å². The van der Waals surface area contributed by atoms with Gasteiger partial charge in [-0.1, -0.05) is 0 Å². The number of nitrogens with one attached hydrogen (secondary N) is 1. The van der Waals surface area contributed by atoms with E-state index in [9.17, 15) is 18.0 Å². The van der Waals surface area contributed by atoms with Gasteiger partial charge >= 0.3 is 11.8 Å². The second-order valence-electron chi connectivity index (χ2n) is 8.47. The molecule has 4 aromatic rings. The Morgan fingerprint density at radius 2 is 1.85 bits per heavy atom. The average Bonchev–Trinajstić information content (AvgIpc) is 3.15. The number of hydrogen-bond acceptors (Lipinski definition) is 5. The second-order valence-corrected chi connectivity index (χ2v) is 8.47. The summed E-state index contributed by atoms with van der Waals surface area (Å²) in [7, 11) is 0. The van der Waals surface area contributed by atoms with Crippen LogP contribution in [0.25, 0.3) is 27.9 Å². The minimum absolute atomic E-state index is 0.0112. The van der Waals surface area contributed by atoms with E-state index in [1.54, 1.807) is 6.07 Å². The maximum absolute atomic E-state index is 15.1. The maximum Gasteiger partial charge on any atom is 0.416 e. The number of aromatic nitrogens is 2. The molecular formula is C23H20F4N4O2. The molecule has 0 unspecified atom stereocenters. The van der Waals surface area contributed by atoms with E-state index in [0.717, 1.165) is 12.1 Å². The molecule has 0 saturated carbocycles. The number of halogens is 4. The van der Waals surface area contributed by atoms with Crippen molar-refractivity contribution in [3.63, 3.8) is 0 Å². The van der Waals surface area contributed by atoms with Gasteiger partial charge in [-0.2, -0.15) is 13.2 Å². The molecule has 1 fully saturated rings. The molecule has 1 N–H and O–H groups in total. The summed E-state index contributed by atoms with van der Waals surface area (Å²) < 4.78 is 60.8. The fourth-order valence-electron chi connectivity index (χ4n) is 4.35. The lowest BCUT2D eigenvalue weighted by atomic mass is 10.1. The Kier molecular flexibility index (Phi) is 4.93. The number of alkyl halides is 3. The smallest absolute Gasteiger partial charge is 0.416 e. The number of nitrogens with zero attached hydrogens (tertiary/aromatic N) is 3. The average molecular weight is 460 g/mol. The number of piperazine rings is 1. The Bertz CT molecular complexity index is 1420. The summed E-state index contributed by atoms with van der Waals surface area (Å²) in [6.07, 6.45) is -1.90. The van der Waals surface area contributed by atoms with Crippen molar-refractivity contribution in [3.8, 4) is 11.3 Å². The van der Waals surface area contributed by atoms with E-state index in [1.807, 2.05) is 18.7 Å². The summed E-state index contributed by atoms with van der Waals surface area (Å²) in [5.74, 6) is -0.561.